The minimum Gasteiger partial charge on any atom is -0.486 e. The standard InChI is InChI=1S/C25H29N3O3S/c1-18-17-32-24(26-18)16-31-23-8-9-28(25(29)14-23)22-7-6-20-12-19(4-5-21(20)13-22)15-27(2)10-11-30-3/h4-5,8-9,12-14,17H,6-7,10-11,15-16H2,1-3H3. The van der Waals surface area contributed by atoms with Crippen LogP contribution in [0.1, 0.15) is 33.8 Å². The normalized spacial score (nSPS) is 13.2. The molecule has 0 fully saturated rings. The number of hydrogen-bond donors (Lipinski definition) is 0. The average Bonchev–Trinajstić information content (AvgIpc) is 3.21. The van der Waals surface area contributed by atoms with E-state index in [0.29, 0.717) is 12.4 Å². The summed E-state index contributed by atoms with van der Waals surface area (Å²) in [5.41, 5.74) is 5.73. The van der Waals surface area contributed by atoms with Gasteiger partial charge in [-0.2, -0.15) is 0 Å². The molecule has 0 saturated heterocycles. The van der Waals surface area contributed by atoms with E-state index < -0.39 is 0 Å². The van der Waals surface area contributed by atoms with Crippen LogP contribution in [0.2, 0.25) is 0 Å². The smallest absolute Gasteiger partial charge is 0.258 e. The zero-order valence-electron chi connectivity index (χ0n) is 18.8. The number of ether oxygens (including phenoxy) is 2. The lowest BCUT2D eigenvalue weighted by atomic mass is 9.93. The monoisotopic (exact) mass is 451 g/mol. The second kappa shape index (κ2) is 10.3. The summed E-state index contributed by atoms with van der Waals surface area (Å²) in [6.07, 6.45) is 5.68. The highest BCUT2D eigenvalue weighted by molar-refractivity contribution is 7.09. The molecule has 4 rings (SSSR count). The maximum Gasteiger partial charge on any atom is 0.258 e. The van der Waals surface area contributed by atoms with Gasteiger partial charge in [-0.1, -0.05) is 18.2 Å². The van der Waals surface area contributed by atoms with Gasteiger partial charge in [-0.05, 0) is 55.6 Å². The van der Waals surface area contributed by atoms with Crippen LogP contribution in [-0.2, 0) is 24.3 Å². The van der Waals surface area contributed by atoms with E-state index in [4.69, 9.17) is 9.47 Å². The summed E-state index contributed by atoms with van der Waals surface area (Å²) in [6, 6.07) is 10.0. The van der Waals surface area contributed by atoms with Crippen LogP contribution < -0.4 is 10.3 Å². The van der Waals surface area contributed by atoms with Crippen molar-refractivity contribution in [1.82, 2.24) is 14.5 Å². The molecule has 0 unspecified atom stereocenters. The summed E-state index contributed by atoms with van der Waals surface area (Å²) in [4.78, 5) is 19.4. The number of thiazole rings is 1. The Morgan fingerprint density at radius 2 is 2.09 bits per heavy atom. The molecule has 0 radical (unpaired) electrons. The highest BCUT2D eigenvalue weighted by Crippen LogP contribution is 2.27. The fourth-order valence-electron chi connectivity index (χ4n) is 3.86. The van der Waals surface area contributed by atoms with Crippen LogP contribution in [-0.4, -0.2) is 41.8 Å². The number of methoxy groups -OCH3 is 1. The molecule has 0 atom stereocenters. The van der Waals surface area contributed by atoms with Crippen LogP contribution in [0.3, 0.4) is 0 Å². The molecule has 0 amide bonds. The quantitative estimate of drug-likeness (QED) is 0.488. The van der Waals surface area contributed by atoms with Crippen molar-refractivity contribution in [3.05, 3.63) is 79.7 Å². The maximum atomic E-state index is 12.7. The molecule has 3 aromatic rings. The van der Waals surface area contributed by atoms with Crippen molar-refractivity contribution in [2.45, 2.75) is 32.9 Å². The first-order valence-electron chi connectivity index (χ1n) is 10.8. The molecule has 1 aliphatic carbocycles. The Morgan fingerprint density at radius 3 is 2.84 bits per heavy atom. The Hall–Kier alpha value is -2.74. The Kier molecular flexibility index (Phi) is 7.19. The Balaban J connectivity index is 1.45. The predicted molar refractivity (Wildman–Crippen MR) is 129 cm³/mol. The van der Waals surface area contributed by atoms with Crippen molar-refractivity contribution in [3.63, 3.8) is 0 Å². The van der Waals surface area contributed by atoms with Gasteiger partial charge in [0.25, 0.3) is 5.56 Å². The van der Waals surface area contributed by atoms with Gasteiger partial charge in [0.15, 0.2) is 0 Å². The second-order valence-electron chi connectivity index (χ2n) is 8.14. The van der Waals surface area contributed by atoms with Crippen LogP contribution in [0.4, 0.5) is 0 Å². The van der Waals surface area contributed by atoms with Crippen LogP contribution in [0.5, 0.6) is 5.75 Å². The highest BCUT2D eigenvalue weighted by atomic mass is 32.1. The lowest BCUT2D eigenvalue weighted by molar-refractivity contribution is 0.158. The zero-order chi connectivity index (χ0) is 22.5. The van der Waals surface area contributed by atoms with Gasteiger partial charge in [-0.15, -0.1) is 11.3 Å². The molecule has 32 heavy (non-hydrogen) atoms. The molecular weight excluding hydrogens is 422 g/mol. The van der Waals surface area contributed by atoms with E-state index in [9.17, 15) is 4.79 Å². The summed E-state index contributed by atoms with van der Waals surface area (Å²) in [5.74, 6) is 0.568. The number of allylic oxidation sites excluding steroid dienone is 1. The summed E-state index contributed by atoms with van der Waals surface area (Å²) in [6.45, 7) is 4.87. The number of rotatable bonds is 9. The first kappa shape index (κ1) is 22.5. The van der Waals surface area contributed by atoms with Gasteiger partial charge in [-0.25, -0.2) is 4.98 Å². The predicted octanol–water partition coefficient (Wildman–Crippen LogP) is 4.21. The molecule has 1 aliphatic rings. The fraction of sp³-hybridized carbons (Fsp3) is 0.360. The second-order valence-corrected chi connectivity index (χ2v) is 9.08. The highest BCUT2D eigenvalue weighted by Gasteiger charge is 2.14. The molecule has 0 bridgehead atoms. The molecule has 7 heteroatoms. The molecular formula is C25H29N3O3S. The van der Waals surface area contributed by atoms with Crippen LogP contribution >= 0.6 is 11.3 Å². The number of nitrogens with zero attached hydrogens (tertiary/aromatic N) is 3. The molecule has 0 saturated carbocycles. The summed E-state index contributed by atoms with van der Waals surface area (Å²) in [5, 5.41) is 2.90. The molecule has 0 spiro atoms. The van der Waals surface area contributed by atoms with E-state index in [1.54, 1.807) is 35.3 Å². The third kappa shape index (κ3) is 5.54. The van der Waals surface area contributed by atoms with Crippen LogP contribution in [0, 0.1) is 6.92 Å². The van der Waals surface area contributed by atoms with Crippen molar-refractivity contribution < 1.29 is 9.47 Å². The van der Waals surface area contributed by atoms with Gasteiger partial charge >= 0.3 is 0 Å². The van der Waals surface area contributed by atoms with Gasteiger partial charge in [0.1, 0.15) is 17.4 Å². The zero-order valence-corrected chi connectivity index (χ0v) is 19.7. The maximum absolute atomic E-state index is 12.7. The van der Waals surface area contributed by atoms with Crippen molar-refractivity contribution in [3.8, 4) is 5.75 Å². The number of fused-ring (bicyclic) bond motifs is 1. The lowest BCUT2D eigenvalue weighted by Gasteiger charge is -2.21. The van der Waals surface area contributed by atoms with Gasteiger partial charge < -0.3 is 9.47 Å². The topological polar surface area (TPSA) is 56.6 Å². The van der Waals surface area contributed by atoms with Gasteiger partial charge in [0.05, 0.1) is 6.61 Å². The van der Waals surface area contributed by atoms with E-state index in [0.717, 1.165) is 48.9 Å². The van der Waals surface area contributed by atoms with Crippen molar-refractivity contribution in [1.29, 1.82) is 0 Å². The average molecular weight is 452 g/mol. The lowest BCUT2D eigenvalue weighted by Crippen LogP contribution is -2.22. The molecule has 168 valence electrons. The van der Waals surface area contributed by atoms with Crippen molar-refractivity contribution in [2.75, 3.05) is 27.3 Å². The minimum absolute atomic E-state index is 0.0797. The number of benzene rings is 1. The van der Waals surface area contributed by atoms with Gasteiger partial charge in [0, 0.05) is 49.2 Å². The largest absolute Gasteiger partial charge is 0.486 e. The number of pyridine rings is 1. The van der Waals surface area contributed by atoms with E-state index in [2.05, 4.69) is 41.2 Å². The molecule has 1 aromatic carbocycles. The number of aromatic nitrogens is 2. The van der Waals surface area contributed by atoms with Crippen LogP contribution in [0.25, 0.3) is 11.8 Å². The Bertz CT molecular complexity index is 1170. The van der Waals surface area contributed by atoms with Crippen molar-refractivity contribution >= 4 is 23.1 Å². The number of aryl methyl sites for hydroxylation is 2. The van der Waals surface area contributed by atoms with E-state index in [1.165, 1.54) is 16.7 Å². The number of likely N-dealkylation sites (N-methyl/N-ethyl adjacent to an activating group) is 1. The van der Waals surface area contributed by atoms with Crippen molar-refractivity contribution in [2.24, 2.45) is 0 Å². The molecule has 0 N–H and O–H groups in total. The molecule has 2 aromatic heterocycles. The first-order chi connectivity index (χ1) is 15.5. The third-order valence-electron chi connectivity index (χ3n) is 5.54. The summed E-state index contributed by atoms with van der Waals surface area (Å²) < 4.78 is 12.6. The molecule has 6 nitrogen and oxygen atoms in total. The van der Waals surface area contributed by atoms with Crippen LogP contribution in [0.15, 0.2) is 46.7 Å². The Labute approximate surface area is 192 Å². The SMILES string of the molecule is COCCN(C)Cc1ccc2c(c1)CCC(n1ccc(OCc3nc(C)cs3)cc1=O)=C2. The van der Waals surface area contributed by atoms with E-state index in [-0.39, 0.29) is 5.56 Å². The first-order valence-corrected chi connectivity index (χ1v) is 11.7. The summed E-state index contributed by atoms with van der Waals surface area (Å²) in [7, 11) is 3.83. The number of hydrogen-bond acceptors (Lipinski definition) is 6. The van der Waals surface area contributed by atoms with E-state index in [1.807, 2.05) is 18.4 Å². The summed E-state index contributed by atoms with van der Waals surface area (Å²) >= 11 is 1.56. The fourth-order valence-corrected chi connectivity index (χ4v) is 4.54. The Morgan fingerprint density at radius 1 is 1.22 bits per heavy atom. The molecule has 0 aliphatic heterocycles. The third-order valence-corrected chi connectivity index (χ3v) is 6.48. The molecule has 2 heterocycles. The van der Waals surface area contributed by atoms with Gasteiger partial charge in [0.2, 0.25) is 0 Å². The van der Waals surface area contributed by atoms with E-state index >= 15 is 0 Å². The van der Waals surface area contributed by atoms with Gasteiger partial charge in [-0.3, -0.25) is 14.3 Å². The minimum atomic E-state index is -0.0797.